The van der Waals surface area contributed by atoms with Crippen molar-refractivity contribution in [3.63, 3.8) is 0 Å². The average Bonchev–Trinajstić information content (AvgIpc) is 2.44. The molecule has 0 radical (unpaired) electrons. The van der Waals surface area contributed by atoms with Crippen LogP contribution in [0.2, 0.25) is 0 Å². The molecule has 0 unspecified atom stereocenters. The molecule has 4 nitrogen and oxygen atoms in total. The Hall–Kier alpha value is -2.56. The van der Waals surface area contributed by atoms with Crippen LogP contribution in [0.4, 0.5) is 10.1 Å². The van der Waals surface area contributed by atoms with Crippen molar-refractivity contribution < 1.29 is 19.0 Å². The zero-order valence-corrected chi connectivity index (χ0v) is 10.9. The summed E-state index contributed by atoms with van der Waals surface area (Å²) in [4.78, 5) is 11.6. The van der Waals surface area contributed by atoms with Crippen LogP contribution in [0.25, 0.3) is 0 Å². The van der Waals surface area contributed by atoms with Crippen LogP contribution in [0.5, 0.6) is 5.75 Å². The number of hydrogen-bond donors (Lipinski definition) is 2. The Balaban J connectivity index is 2.20. The molecule has 0 atom stereocenters. The molecular formula is C15H14FNO3. The number of anilines is 1. The largest absolute Gasteiger partial charge is 0.508 e. The first-order valence-corrected chi connectivity index (χ1v) is 6.00. The smallest absolute Gasteiger partial charge is 0.339 e. The van der Waals surface area contributed by atoms with Crippen LogP contribution >= 0.6 is 0 Å². The lowest BCUT2D eigenvalue weighted by Gasteiger charge is -2.11. The van der Waals surface area contributed by atoms with Gasteiger partial charge in [-0.3, -0.25) is 0 Å². The van der Waals surface area contributed by atoms with Gasteiger partial charge in [-0.2, -0.15) is 0 Å². The summed E-state index contributed by atoms with van der Waals surface area (Å²) in [5.41, 5.74) is 1.42. The third kappa shape index (κ3) is 3.26. The molecule has 2 rings (SSSR count). The average molecular weight is 275 g/mol. The first-order valence-electron chi connectivity index (χ1n) is 6.00. The second kappa shape index (κ2) is 6.06. The molecule has 2 aromatic carbocycles. The second-order valence-electron chi connectivity index (χ2n) is 4.20. The van der Waals surface area contributed by atoms with E-state index in [4.69, 9.17) is 0 Å². The summed E-state index contributed by atoms with van der Waals surface area (Å²) < 4.78 is 17.9. The molecule has 0 spiro atoms. The van der Waals surface area contributed by atoms with Crippen molar-refractivity contribution in [3.05, 3.63) is 59.4 Å². The first kappa shape index (κ1) is 13.9. The van der Waals surface area contributed by atoms with E-state index in [0.29, 0.717) is 12.2 Å². The number of rotatable bonds is 4. The molecule has 0 bridgehead atoms. The third-order valence-electron chi connectivity index (χ3n) is 2.78. The zero-order valence-electron chi connectivity index (χ0n) is 10.9. The predicted molar refractivity (Wildman–Crippen MR) is 73.2 cm³/mol. The highest BCUT2D eigenvalue weighted by molar-refractivity contribution is 5.95. The molecule has 0 fully saturated rings. The van der Waals surface area contributed by atoms with Gasteiger partial charge in [0.15, 0.2) is 0 Å². The summed E-state index contributed by atoms with van der Waals surface area (Å²) in [7, 11) is 1.27. The lowest BCUT2D eigenvalue weighted by atomic mass is 10.1. The van der Waals surface area contributed by atoms with Crippen molar-refractivity contribution in [2.75, 3.05) is 12.4 Å². The van der Waals surface area contributed by atoms with E-state index in [1.54, 1.807) is 18.2 Å². The van der Waals surface area contributed by atoms with Gasteiger partial charge in [0.2, 0.25) is 0 Å². The summed E-state index contributed by atoms with van der Waals surface area (Å²) in [6, 6.07) is 10.5. The van der Waals surface area contributed by atoms with E-state index in [-0.39, 0.29) is 11.3 Å². The minimum atomic E-state index is -0.539. The van der Waals surface area contributed by atoms with Crippen molar-refractivity contribution in [2.45, 2.75) is 6.54 Å². The van der Waals surface area contributed by atoms with Gasteiger partial charge in [0, 0.05) is 6.54 Å². The molecule has 2 aromatic rings. The van der Waals surface area contributed by atoms with Crippen molar-refractivity contribution in [1.29, 1.82) is 0 Å². The Morgan fingerprint density at radius 2 is 2.10 bits per heavy atom. The fraction of sp³-hybridized carbons (Fsp3) is 0.133. The van der Waals surface area contributed by atoms with Crippen LogP contribution in [-0.2, 0) is 11.3 Å². The quantitative estimate of drug-likeness (QED) is 0.842. The lowest BCUT2D eigenvalue weighted by molar-refractivity contribution is 0.0601. The third-order valence-corrected chi connectivity index (χ3v) is 2.78. The van der Waals surface area contributed by atoms with Gasteiger partial charge in [0.1, 0.15) is 11.6 Å². The Labute approximate surface area is 115 Å². The van der Waals surface area contributed by atoms with E-state index >= 15 is 0 Å². The maximum atomic E-state index is 13.3. The highest BCUT2D eigenvalue weighted by atomic mass is 19.1. The fourth-order valence-corrected chi connectivity index (χ4v) is 1.81. The number of esters is 1. The van der Waals surface area contributed by atoms with Crippen molar-refractivity contribution in [3.8, 4) is 5.75 Å². The van der Waals surface area contributed by atoms with Crippen LogP contribution in [0.1, 0.15) is 15.9 Å². The summed E-state index contributed by atoms with van der Waals surface area (Å²) in [5.74, 6) is -0.837. The minimum Gasteiger partial charge on any atom is -0.508 e. The molecule has 0 saturated carbocycles. The molecule has 20 heavy (non-hydrogen) atoms. The Kier molecular flexibility index (Phi) is 4.20. The number of hydrogen-bond acceptors (Lipinski definition) is 4. The molecule has 0 aromatic heterocycles. The highest BCUT2D eigenvalue weighted by Crippen LogP contribution is 2.20. The van der Waals surface area contributed by atoms with Crippen LogP contribution in [-0.4, -0.2) is 18.2 Å². The minimum absolute atomic E-state index is 0.150. The normalized spacial score (nSPS) is 10.1. The Bertz CT molecular complexity index is 628. The zero-order chi connectivity index (χ0) is 14.5. The van der Waals surface area contributed by atoms with Gasteiger partial charge >= 0.3 is 5.97 Å². The Morgan fingerprint density at radius 1 is 1.30 bits per heavy atom. The number of methoxy groups -OCH3 is 1. The van der Waals surface area contributed by atoms with Gasteiger partial charge in [-0.05, 0) is 35.9 Å². The maximum absolute atomic E-state index is 13.3. The molecule has 0 amide bonds. The first-order chi connectivity index (χ1) is 9.60. The monoisotopic (exact) mass is 275 g/mol. The van der Waals surface area contributed by atoms with Gasteiger partial charge in [0.05, 0.1) is 18.4 Å². The molecular weight excluding hydrogens is 261 g/mol. The van der Waals surface area contributed by atoms with E-state index in [9.17, 15) is 14.3 Å². The number of carbonyl (C=O) groups excluding carboxylic acids is 1. The number of halogens is 1. The summed E-state index contributed by atoms with van der Waals surface area (Å²) in [6.45, 7) is 0.349. The van der Waals surface area contributed by atoms with Crippen LogP contribution in [0.15, 0.2) is 42.5 Å². The van der Waals surface area contributed by atoms with Crippen LogP contribution < -0.4 is 5.32 Å². The van der Waals surface area contributed by atoms with Gasteiger partial charge in [0.25, 0.3) is 0 Å². The molecule has 2 N–H and O–H groups in total. The van der Waals surface area contributed by atoms with Crippen molar-refractivity contribution in [1.82, 2.24) is 0 Å². The van der Waals surface area contributed by atoms with E-state index in [1.165, 1.54) is 25.3 Å². The highest BCUT2D eigenvalue weighted by Gasteiger charge is 2.12. The van der Waals surface area contributed by atoms with Gasteiger partial charge < -0.3 is 15.2 Å². The Morgan fingerprint density at radius 3 is 2.80 bits per heavy atom. The molecule has 0 aliphatic carbocycles. The van der Waals surface area contributed by atoms with Crippen LogP contribution in [0, 0.1) is 5.82 Å². The van der Waals surface area contributed by atoms with Gasteiger partial charge in [-0.15, -0.1) is 0 Å². The number of aromatic hydroxyl groups is 1. The van der Waals surface area contributed by atoms with E-state index in [2.05, 4.69) is 10.1 Å². The van der Waals surface area contributed by atoms with Gasteiger partial charge in [-0.25, -0.2) is 9.18 Å². The number of ether oxygens (including phenoxy) is 1. The maximum Gasteiger partial charge on any atom is 0.339 e. The summed E-state index contributed by atoms with van der Waals surface area (Å²) in [6.07, 6.45) is 0. The fourth-order valence-electron chi connectivity index (χ4n) is 1.81. The molecule has 5 heteroatoms. The van der Waals surface area contributed by atoms with Crippen molar-refractivity contribution >= 4 is 11.7 Å². The summed E-state index contributed by atoms with van der Waals surface area (Å²) in [5, 5.41) is 12.3. The summed E-state index contributed by atoms with van der Waals surface area (Å²) >= 11 is 0. The molecule has 104 valence electrons. The number of nitrogens with one attached hydrogen (secondary N) is 1. The molecule has 0 heterocycles. The number of carbonyl (C=O) groups is 1. The number of phenolic OH excluding ortho intramolecular Hbond substituents is 1. The molecule has 0 aliphatic rings. The lowest BCUT2D eigenvalue weighted by Crippen LogP contribution is -2.08. The molecule has 0 aliphatic heterocycles. The van der Waals surface area contributed by atoms with E-state index in [1.807, 2.05) is 6.07 Å². The number of benzene rings is 2. The van der Waals surface area contributed by atoms with Crippen LogP contribution in [0.3, 0.4) is 0 Å². The second-order valence-corrected chi connectivity index (χ2v) is 4.20. The van der Waals surface area contributed by atoms with E-state index < -0.39 is 11.8 Å². The van der Waals surface area contributed by atoms with Gasteiger partial charge in [-0.1, -0.05) is 12.1 Å². The predicted octanol–water partition coefficient (Wildman–Crippen LogP) is 2.93. The topological polar surface area (TPSA) is 58.6 Å². The van der Waals surface area contributed by atoms with E-state index in [0.717, 1.165) is 5.56 Å². The molecule has 0 saturated heterocycles. The van der Waals surface area contributed by atoms with Crippen molar-refractivity contribution in [2.24, 2.45) is 0 Å². The number of phenols is 1. The SMILES string of the molecule is COC(=O)c1ccc(F)cc1NCc1cccc(O)c1. The standard InChI is InChI=1S/C15H14FNO3/c1-20-15(19)13-6-5-11(16)8-14(13)17-9-10-3-2-4-12(18)7-10/h2-8,17-18H,9H2,1H3.